The molecular weight excluding hydrogens is 381 g/mol. The summed E-state index contributed by atoms with van der Waals surface area (Å²) in [5.41, 5.74) is -1.45. The number of para-hydroxylation sites is 1. The smallest absolute Gasteiger partial charge is 0.383 e. The van der Waals surface area contributed by atoms with Crippen molar-refractivity contribution in [3.05, 3.63) is 35.1 Å². The number of nitrogens with one attached hydrogen (secondary N) is 1. The number of alkyl halides is 3. The van der Waals surface area contributed by atoms with Crippen LogP contribution in [0.5, 0.6) is 0 Å². The van der Waals surface area contributed by atoms with Crippen LogP contribution < -0.4 is 5.32 Å². The first-order chi connectivity index (χ1) is 11.8. The van der Waals surface area contributed by atoms with Crippen LogP contribution in [-0.2, 0) is 22.3 Å². The van der Waals surface area contributed by atoms with Gasteiger partial charge in [0.1, 0.15) is 6.33 Å². The van der Waals surface area contributed by atoms with E-state index in [1.54, 1.807) is 11.7 Å². The second-order valence-corrected chi connectivity index (χ2v) is 6.15. The number of halogens is 4. The van der Waals surface area contributed by atoms with Crippen molar-refractivity contribution in [2.24, 2.45) is 0 Å². The SMILES string of the molecule is COCCn1cnnc1SCC(=O)Nc1c(Cl)cccc1C(F)(F)F. The Morgan fingerprint density at radius 1 is 1.44 bits per heavy atom. The molecule has 1 aromatic heterocycles. The van der Waals surface area contributed by atoms with Gasteiger partial charge in [-0.25, -0.2) is 0 Å². The average molecular weight is 395 g/mol. The average Bonchev–Trinajstić information content (AvgIpc) is 2.99. The van der Waals surface area contributed by atoms with Crippen molar-refractivity contribution in [1.82, 2.24) is 14.8 Å². The zero-order chi connectivity index (χ0) is 18.4. The van der Waals surface area contributed by atoms with Gasteiger partial charge in [-0.1, -0.05) is 29.4 Å². The summed E-state index contributed by atoms with van der Waals surface area (Å²) in [5, 5.41) is 10.1. The minimum Gasteiger partial charge on any atom is -0.383 e. The number of carbonyl (C=O) groups excluding carboxylic acids is 1. The van der Waals surface area contributed by atoms with Crippen molar-refractivity contribution in [2.45, 2.75) is 17.9 Å². The van der Waals surface area contributed by atoms with Gasteiger partial charge >= 0.3 is 6.18 Å². The Kier molecular flexibility index (Phi) is 6.68. The number of rotatable bonds is 7. The van der Waals surface area contributed by atoms with Crippen molar-refractivity contribution >= 4 is 35.0 Å². The van der Waals surface area contributed by atoms with E-state index in [1.807, 2.05) is 0 Å². The fourth-order valence-corrected chi connectivity index (χ4v) is 2.86. The predicted molar refractivity (Wildman–Crippen MR) is 87.7 cm³/mol. The van der Waals surface area contributed by atoms with E-state index in [2.05, 4.69) is 15.5 Å². The number of hydrogen-bond donors (Lipinski definition) is 1. The summed E-state index contributed by atoms with van der Waals surface area (Å²) in [6, 6.07) is 3.31. The first kappa shape index (κ1) is 19.5. The highest BCUT2D eigenvalue weighted by Crippen LogP contribution is 2.38. The topological polar surface area (TPSA) is 69.0 Å². The highest BCUT2D eigenvalue weighted by atomic mass is 35.5. The van der Waals surface area contributed by atoms with E-state index in [0.717, 1.165) is 17.8 Å². The third-order valence-corrected chi connectivity index (χ3v) is 4.33. The number of thioether (sulfide) groups is 1. The summed E-state index contributed by atoms with van der Waals surface area (Å²) in [6.45, 7) is 0.933. The van der Waals surface area contributed by atoms with E-state index >= 15 is 0 Å². The molecule has 2 rings (SSSR count). The van der Waals surface area contributed by atoms with Gasteiger partial charge in [0.2, 0.25) is 5.91 Å². The Hall–Kier alpha value is -1.78. The molecule has 0 saturated heterocycles. The molecule has 0 atom stereocenters. The zero-order valence-corrected chi connectivity index (χ0v) is 14.6. The van der Waals surface area contributed by atoms with E-state index in [4.69, 9.17) is 16.3 Å². The molecule has 0 aliphatic carbocycles. The summed E-state index contributed by atoms with van der Waals surface area (Å²) < 4.78 is 45.7. The number of aromatic nitrogens is 3. The Morgan fingerprint density at radius 3 is 2.88 bits per heavy atom. The Labute approximate surface area is 150 Å². The van der Waals surface area contributed by atoms with Crippen LogP contribution in [0.3, 0.4) is 0 Å². The Balaban J connectivity index is 2.03. The summed E-state index contributed by atoms with van der Waals surface area (Å²) in [7, 11) is 1.55. The molecule has 0 saturated carbocycles. The van der Waals surface area contributed by atoms with Gasteiger partial charge in [-0.2, -0.15) is 13.2 Å². The van der Waals surface area contributed by atoms with Gasteiger partial charge in [-0.15, -0.1) is 10.2 Å². The maximum atomic E-state index is 13.0. The largest absolute Gasteiger partial charge is 0.418 e. The number of benzene rings is 1. The summed E-state index contributed by atoms with van der Waals surface area (Å²) in [4.78, 5) is 12.0. The van der Waals surface area contributed by atoms with E-state index in [0.29, 0.717) is 18.3 Å². The number of nitrogens with zero attached hydrogens (tertiary/aromatic N) is 3. The molecule has 11 heteroatoms. The zero-order valence-electron chi connectivity index (χ0n) is 13.0. The van der Waals surface area contributed by atoms with Gasteiger partial charge in [0.25, 0.3) is 0 Å². The molecule has 6 nitrogen and oxygen atoms in total. The van der Waals surface area contributed by atoms with Crippen LogP contribution in [-0.4, -0.2) is 40.1 Å². The van der Waals surface area contributed by atoms with E-state index < -0.39 is 23.3 Å². The number of methoxy groups -OCH3 is 1. The maximum Gasteiger partial charge on any atom is 0.418 e. The minimum atomic E-state index is -4.62. The Bertz CT molecular complexity index is 739. The summed E-state index contributed by atoms with van der Waals surface area (Å²) in [6.07, 6.45) is -3.14. The van der Waals surface area contributed by atoms with E-state index in [9.17, 15) is 18.0 Å². The quantitative estimate of drug-likeness (QED) is 0.729. The fourth-order valence-electron chi connectivity index (χ4n) is 1.89. The summed E-state index contributed by atoms with van der Waals surface area (Å²) >= 11 is 6.85. The number of amides is 1. The molecule has 1 N–H and O–H groups in total. The first-order valence-corrected chi connectivity index (χ1v) is 8.34. The van der Waals surface area contributed by atoms with Crippen LogP contribution in [0.1, 0.15) is 5.56 Å². The van der Waals surface area contributed by atoms with Gasteiger partial charge in [0.15, 0.2) is 5.16 Å². The minimum absolute atomic E-state index is 0.145. The van der Waals surface area contributed by atoms with Crippen LogP contribution in [0.2, 0.25) is 5.02 Å². The number of anilines is 1. The molecule has 0 spiro atoms. The summed E-state index contributed by atoms with van der Waals surface area (Å²) in [5.74, 6) is -0.779. The molecule has 136 valence electrons. The van der Waals surface area contributed by atoms with Gasteiger partial charge in [0, 0.05) is 13.7 Å². The molecule has 0 aliphatic rings. The van der Waals surface area contributed by atoms with E-state index in [1.165, 1.54) is 18.5 Å². The fraction of sp³-hybridized carbons (Fsp3) is 0.357. The molecule has 0 fully saturated rings. The van der Waals surface area contributed by atoms with Crippen molar-refractivity contribution < 1.29 is 22.7 Å². The molecular formula is C14H14ClF3N4O2S. The van der Waals surface area contributed by atoms with Crippen molar-refractivity contribution in [3.63, 3.8) is 0 Å². The maximum absolute atomic E-state index is 13.0. The Morgan fingerprint density at radius 2 is 2.20 bits per heavy atom. The van der Waals surface area contributed by atoms with Crippen molar-refractivity contribution in [1.29, 1.82) is 0 Å². The van der Waals surface area contributed by atoms with Crippen LogP contribution in [0.15, 0.2) is 29.7 Å². The third-order valence-electron chi connectivity index (χ3n) is 3.03. The van der Waals surface area contributed by atoms with Gasteiger partial charge in [-0.3, -0.25) is 4.79 Å². The van der Waals surface area contributed by atoms with E-state index in [-0.39, 0.29) is 10.8 Å². The normalized spacial score (nSPS) is 11.6. The molecule has 1 aromatic carbocycles. The third kappa shape index (κ3) is 5.35. The predicted octanol–water partition coefficient (Wildman–Crippen LogP) is 3.33. The molecule has 25 heavy (non-hydrogen) atoms. The van der Waals surface area contributed by atoms with Crippen LogP contribution in [0, 0.1) is 0 Å². The number of ether oxygens (including phenoxy) is 1. The molecule has 0 radical (unpaired) electrons. The van der Waals surface area contributed by atoms with Crippen molar-refractivity contribution in [2.75, 3.05) is 24.8 Å². The molecule has 0 aliphatic heterocycles. The van der Waals surface area contributed by atoms with Crippen LogP contribution in [0.4, 0.5) is 18.9 Å². The second kappa shape index (κ2) is 8.54. The molecule has 1 heterocycles. The van der Waals surface area contributed by atoms with Gasteiger partial charge in [-0.05, 0) is 12.1 Å². The lowest BCUT2D eigenvalue weighted by atomic mass is 10.1. The highest BCUT2D eigenvalue weighted by molar-refractivity contribution is 7.99. The standard InChI is InChI=1S/C14H14ClF3N4O2S/c1-24-6-5-22-8-19-21-13(22)25-7-11(23)20-12-9(14(16,17)18)3-2-4-10(12)15/h2-4,8H,5-7H2,1H3,(H,20,23). The highest BCUT2D eigenvalue weighted by Gasteiger charge is 2.34. The van der Waals surface area contributed by atoms with Gasteiger partial charge < -0.3 is 14.6 Å². The van der Waals surface area contributed by atoms with Gasteiger partial charge in [0.05, 0.1) is 28.6 Å². The lowest BCUT2D eigenvalue weighted by Gasteiger charge is -2.15. The van der Waals surface area contributed by atoms with Crippen LogP contribution in [0.25, 0.3) is 0 Å². The first-order valence-electron chi connectivity index (χ1n) is 6.98. The second-order valence-electron chi connectivity index (χ2n) is 4.80. The monoisotopic (exact) mass is 394 g/mol. The molecule has 2 aromatic rings. The lowest BCUT2D eigenvalue weighted by molar-refractivity contribution is -0.137. The lowest BCUT2D eigenvalue weighted by Crippen LogP contribution is -2.19. The molecule has 0 bridgehead atoms. The number of carbonyl (C=O) groups is 1. The van der Waals surface area contributed by atoms with Crippen LogP contribution >= 0.6 is 23.4 Å². The molecule has 0 unspecified atom stereocenters. The number of hydrogen-bond acceptors (Lipinski definition) is 5. The molecule has 1 amide bonds. The van der Waals surface area contributed by atoms with Crippen molar-refractivity contribution in [3.8, 4) is 0 Å².